The molecule has 0 radical (unpaired) electrons. The van der Waals surface area contributed by atoms with Gasteiger partial charge in [0.2, 0.25) is 17.7 Å². The van der Waals surface area contributed by atoms with Crippen molar-refractivity contribution in [1.82, 2.24) is 20.4 Å². The van der Waals surface area contributed by atoms with Crippen molar-refractivity contribution < 1.29 is 23.5 Å². The number of carbonyl (C=O) groups excluding carboxylic acids is 3. The van der Waals surface area contributed by atoms with Crippen LogP contribution in [0.3, 0.4) is 0 Å². The summed E-state index contributed by atoms with van der Waals surface area (Å²) in [7, 11) is 4.59. The summed E-state index contributed by atoms with van der Waals surface area (Å²) in [6.45, 7) is 1.19. The number of amides is 3. The fourth-order valence-corrected chi connectivity index (χ4v) is 5.37. The molecule has 3 aromatic rings. The predicted molar refractivity (Wildman–Crippen MR) is 165 cm³/mol. The van der Waals surface area contributed by atoms with Gasteiger partial charge in [0.25, 0.3) is 0 Å². The molecule has 1 fully saturated rings. The smallest absolute Gasteiger partial charge is 0.249 e. The van der Waals surface area contributed by atoms with Gasteiger partial charge in [-0.25, -0.2) is 4.39 Å². The molecule has 3 atom stereocenters. The van der Waals surface area contributed by atoms with Gasteiger partial charge in [-0.1, -0.05) is 72.8 Å². The predicted octanol–water partition coefficient (Wildman–Crippen LogP) is 3.45. The van der Waals surface area contributed by atoms with Crippen LogP contribution >= 0.6 is 0 Å². The molecule has 4 rings (SSSR count). The molecule has 1 saturated heterocycles. The Morgan fingerprint density at radius 2 is 1.58 bits per heavy atom. The minimum Gasteiger partial charge on any atom is -0.370 e. The van der Waals surface area contributed by atoms with Gasteiger partial charge < -0.3 is 25.2 Å². The van der Waals surface area contributed by atoms with Crippen molar-refractivity contribution >= 4 is 17.7 Å². The molecule has 0 bridgehead atoms. The van der Waals surface area contributed by atoms with Crippen molar-refractivity contribution in [2.75, 3.05) is 40.9 Å². The Hall–Kier alpha value is -4.08. The zero-order valence-corrected chi connectivity index (χ0v) is 25.1. The summed E-state index contributed by atoms with van der Waals surface area (Å²) in [4.78, 5) is 43.1. The van der Waals surface area contributed by atoms with Crippen LogP contribution in [-0.4, -0.2) is 86.5 Å². The van der Waals surface area contributed by atoms with Crippen molar-refractivity contribution in [1.29, 1.82) is 0 Å². The third kappa shape index (κ3) is 8.49. The number of benzene rings is 3. The highest BCUT2D eigenvalue weighted by Crippen LogP contribution is 2.22. The first kappa shape index (κ1) is 31.8. The number of rotatable bonds is 13. The minimum atomic E-state index is -0.981. The van der Waals surface area contributed by atoms with Crippen molar-refractivity contribution in [3.05, 3.63) is 95.8 Å². The molecular weight excluding hydrogens is 547 g/mol. The Morgan fingerprint density at radius 3 is 2.23 bits per heavy atom. The lowest BCUT2D eigenvalue weighted by Gasteiger charge is -2.34. The molecule has 0 aliphatic carbocycles. The highest BCUT2D eigenvalue weighted by molar-refractivity contribution is 5.92. The van der Waals surface area contributed by atoms with Gasteiger partial charge in [-0.3, -0.25) is 14.4 Å². The standard InChI is InChI=1S/C34H41FN4O4/c1-36-33(41)30(21-27-12-7-8-14-29(27)35)39(3)34(42)31(38(2)32(40)23-43-22-28-13-9-19-37-28)20-24-15-17-26(18-16-24)25-10-5-4-6-11-25/h4-8,10-12,14-18,28,30-31,37H,9,13,19-23H2,1-3H3,(H,36,41). The molecule has 0 aromatic heterocycles. The Bertz CT molecular complexity index is 1360. The SMILES string of the molecule is CNC(=O)C(Cc1ccccc1F)N(C)C(=O)C(Cc1ccc(-c2ccccc2)cc1)N(C)C(=O)COCC1CCCN1. The normalized spacial score (nSPS) is 15.9. The number of likely N-dealkylation sites (N-methyl/N-ethyl adjacent to an activating group) is 3. The summed E-state index contributed by atoms with van der Waals surface area (Å²) in [5, 5.41) is 5.94. The Labute approximate surface area is 253 Å². The van der Waals surface area contributed by atoms with E-state index in [-0.39, 0.29) is 31.4 Å². The summed E-state index contributed by atoms with van der Waals surface area (Å²) in [5.41, 5.74) is 3.28. The van der Waals surface area contributed by atoms with Crippen LogP contribution in [0.15, 0.2) is 78.9 Å². The van der Waals surface area contributed by atoms with Gasteiger partial charge in [-0.15, -0.1) is 0 Å². The Kier molecular flexibility index (Phi) is 11.4. The zero-order valence-electron chi connectivity index (χ0n) is 25.1. The highest BCUT2D eigenvalue weighted by atomic mass is 19.1. The molecule has 228 valence electrons. The van der Waals surface area contributed by atoms with Crippen LogP contribution in [0.4, 0.5) is 4.39 Å². The van der Waals surface area contributed by atoms with E-state index >= 15 is 0 Å². The molecule has 1 aliphatic rings. The summed E-state index contributed by atoms with van der Waals surface area (Å²) < 4.78 is 20.3. The van der Waals surface area contributed by atoms with Crippen molar-refractivity contribution in [3.8, 4) is 11.1 Å². The molecule has 3 aromatic carbocycles. The maximum Gasteiger partial charge on any atom is 0.249 e. The number of ether oxygens (including phenoxy) is 1. The second-order valence-electron chi connectivity index (χ2n) is 11.0. The van der Waals surface area contributed by atoms with E-state index in [1.807, 2.05) is 54.6 Å². The third-order valence-electron chi connectivity index (χ3n) is 8.08. The number of hydrogen-bond acceptors (Lipinski definition) is 5. The van der Waals surface area contributed by atoms with Gasteiger partial charge in [0, 0.05) is 40.0 Å². The van der Waals surface area contributed by atoms with Crippen LogP contribution in [-0.2, 0) is 32.0 Å². The first-order valence-electron chi connectivity index (χ1n) is 14.7. The van der Waals surface area contributed by atoms with E-state index in [0.29, 0.717) is 12.2 Å². The third-order valence-corrected chi connectivity index (χ3v) is 8.08. The molecule has 9 heteroatoms. The molecule has 3 unspecified atom stereocenters. The Morgan fingerprint density at radius 1 is 0.907 bits per heavy atom. The van der Waals surface area contributed by atoms with Crippen LogP contribution in [0.2, 0.25) is 0 Å². The lowest BCUT2D eigenvalue weighted by Crippen LogP contribution is -2.56. The van der Waals surface area contributed by atoms with Crippen LogP contribution in [0.25, 0.3) is 11.1 Å². The van der Waals surface area contributed by atoms with Crippen molar-refractivity contribution in [3.63, 3.8) is 0 Å². The number of nitrogens with one attached hydrogen (secondary N) is 2. The summed E-state index contributed by atoms with van der Waals surface area (Å²) in [6.07, 6.45) is 2.29. The van der Waals surface area contributed by atoms with Gasteiger partial charge in [-0.05, 0) is 47.7 Å². The van der Waals surface area contributed by atoms with Crippen LogP contribution in [0, 0.1) is 5.82 Å². The molecule has 1 aliphatic heterocycles. The van der Waals surface area contributed by atoms with E-state index < -0.39 is 29.7 Å². The van der Waals surface area contributed by atoms with E-state index in [2.05, 4.69) is 10.6 Å². The first-order valence-corrected chi connectivity index (χ1v) is 14.7. The lowest BCUT2D eigenvalue weighted by atomic mass is 9.98. The fourth-order valence-electron chi connectivity index (χ4n) is 5.37. The molecule has 1 heterocycles. The number of halogens is 1. The van der Waals surface area contributed by atoms with Gasteiger partial charge in [0.05, 0.1) is 6.61 Å². The first-order chi connectivity index (χ1) is 20.8. The summed E-state index contributed by atoms with van der Waals surface area (Å²) in [6, 6.07) is 22.3. The molecular formula is C34H41FN4O4. The Balaban J connectivity index is 1.55. The second-order valence-corrected chi connectivity index (χ2v) is 11.0. The van der Waals surface area contributed by atoms with Crippen LogP contribution in [0.5, 0.6) is 0 Å². The monoisotopic (exact) mass is 588 g/mol. The van der Waals surface area contributed by atoms with Crippen molar-refractivity contribution in [2.45, 2.75) is 43.8 Å². The molecule has 0 spiro atoms. The van der Waals surface area contributed by atoms with Gasteiger partial charge in [0.1, 0.15) is 24.5 Å². The topological polar surface area (TPSA) is 91.0 Å². The van der Waals surface area contributed by atoms with E-state index in [1.54, 1.807) is 25.2 Å². The maximum absolute atomic E-state index is 14.5. The molecule has 2 N–H and O–H groups in total. The number of carbonyl (C=O) groups is 3. The molecule has 3 amide bonds. The van der Waals surface area contributed by atoms with Crippen LogP contribution in [0.1, 0.15) is 24.0 Å². The average molecular weight is 589 g/mol. The minimum absolute atomic E-state index is 0.0117. The van der Waals surface area contributed by atoms with E-state index in [4.69, 9.17) is 4.74 Å². The molecule has 43 heavy (non-hydrogen) atoms. The van der Waals surface area contributed by atoms with E-state index in [1.165, 1.54) is 30.0 Å². The van der Waals surface area contributed by atoms with E-state index in [9.17, 15) is 18.8 Å². The largest absolute Gasteiger partial charge is 0.370 e. The lowest BCUT2D eigenvalue weighted by molar-refractivity contribution is -0.149. The fraction of sp³-hybridized carbons (Fsp3) is 0.382. The zero-order chi connectivity index (χ0) is 30.8. The maximum atomic E-state index is 14.5. The van der Waals surface area contributed by atoms with Gasteiger partial charge >= 0.3 is 0 Å². The molecule has 0 saturated carbocycles. The molecule has 8 nitrogen and oxygen atoms in total. The summed E-state index contributed by atoms with van der Waals surface area (Å²) in [5.74, 6) is -1.64. The quantitative estimate of drug-likeness (QED) is 0.319. The number of hydrogen-bond donors (Lipinski definition) is 2. The summed E-state index contributed by atoms with van der Waals surface area (Å²) >= 11 is 0. The number of nitrogens with zero attached hydrogens (tertiary/aromatic N) is 2. The van der Waals surface area contributed by atoms with E-state index in [0.717, 1.165) is 36.1 Å². The van der Waals surface area contributed by atoms with Crippen LogP contribution < -0.4 is 10.6 Å². The average Bonchev–Trinajstić information content (AvgIpc) is 3.56. The van der Waals surface area contributed by atoms with Gasteiger partial charge in [0.15, 0.2) is 0 Å². The highest BCUT2D eigenvalue weighted by Gasteiger charge is 2.35. The second kappa shape index (κ2) is 15.4. The van der Waals surface area contributed by atoms with Crippen molar-refractivity contribution in [2.24, 2.45) is 0 Å². The van der Waals surface area contributed by atoms with Gasteiger partial charge in [-0.2, -0.15) is 0 Å².